The Labute approximate surface area is 288 Å². The van der Waals surface area contributed by atoms with E-state index in [0.29, 0.717) is 28.3 Å². The van der Waals surface area contributed by atoms with Crippen LogP contribution in [0.1, 0.15) is 64.1 Å². The van der Waals surface area contributed by atoms with Crippen molar-refractivity contribution < 1.29 is 43.8 Å². The number of aliphatic carboxylic acids is 2. The van der Waals surface area contributed by atoms with Crippen molar-refractivity contribution in [2.75, 3.05) is 17.7 Å². The number of anilines is 2. The molecule has 3 amide bonds. The lowest BCUT2D eigenvalue weighted by molar-refractivity contribution is -0.403. The first kappa shape index (κ1) is 38.5. The van der Waals surface area contributed by atoms with Crippen molar-refractivity contribution in [1.29, 1.82) is 0 Å². The third-order valence-corrected chi connectivity index (χ3v) is 7.47. The highest BCUT2D eigenvalue weighted by molar-refractivity contribution is 5.92. The zero-order chi connectivity index (χ0) is 37.2. The lowest BCUT2D eigenvalue weighted by Crippen LogP contribution is -2.46. The van der Waals surface area contributed by atoms with Crippen molar-refractivity contribution in [2.24, 2.45) is 5.41 Å². The first-order valence-corrected chi connectivity index (χ1v) is 15.6. The Hall–Kier alpha value is -5.93. The van der Waals surface area contributed by atoms with E-state index in [0.717, 1.165) is 6.20 Å². The zero-order valence-electron chi connectivity index (χ0n) is 28.4. The van der Waals surface area contributed by atoms with Crippen LogP contribution in [0.25, 0.3) is 0 Å². The molecule has 3 atom stereocenters. The van der Waals surface area contributed by atoms with Gasteiger partial charge in [-0.1, -0.05) is 39.0 Å². The van der Waals surface area contributed by atoms with Crippen LogP contribution in [0.3, 0.4) is 0 Å². The molecule has 0 radical (unpaired) electrons. The van der Waals surface area contributed by atoms with Crippen molar-refractivity contribution in [3.63, 3.8) is 0 Å². The molecular weight excluding hydrogens is 652 g/mol. The molecule has 2 aromatic carbocycles. The topological polar surface area (TPSA) is 230 Å². The number of nitrogens with zero attached hydrogens (tertiary/aromatic N) is 2. The van der Waals surface area contributed by atoms with E-state index in [4.69, 9.17) is 4.74 Å². The monoisotopic (exact) mass is 694 g/mol. The Morgan fingerprint density at radius 2 is 1.52 bits per heavy atom. The number of ether oxygens (including phenoxy) is 1. The fraction of sp³-hybridized carbons (Fsp3) is 0.382. The first-order valence-electron chi connectivity index (χ1n) is 15.6. The van der Waals surface area contributed by atoms with Crippen LogP contribution < -0.4 is 26.0 Å². The third kappa shape index (κ3) is 11.4. The van der Waals surface area contributed by atoms with E-state index >= 15 is 0 Å². The van der Waals surface area contributed by atoms with E-state index in [9.17, 15) is 44.3 Å². The van der Waals surface area contributed by atoms with Crippen molar-refractivity contribution >= 4 is 41.0 Å². The summed E-state index contributed by atoms with van der Waals surface area (Å²) in [4.78, 5) is 74.0. The number of hydrogen-bond donors (Lipinski definition) is 6. The summed E-state index contributed by atoms with van der Waals surface area (Å²) >= 11 is 0. The molecule has 3 rings (SSSR count). The molecule has 1 aliphatic heterocycles. The summed E-state index contributed by atoms with van der Waals surface area (Å²) in [6.07, 6.45) is 3.40. The second-order valence-corrected chi connectivity index (χ2v) is 12.8. The largest absolute Gasteiger partial charge is 0.497 e. The molecule has 0 bridgehead atoms. The number of amides is 3. The molecule has 1 aliphatic rings. The fourth-order valence-electron chi connectivity index (χ4n) is 5.18. The summed E-state index contributed by atoms with van der Waals surface area (Å²) in [6.45, 7) is 6.83. The summed E-state index contributed by atoms with van der Waals surface area (Å²) < 4.78 is 5.14. The Balaban J connectivity index is 1.73. The van der Waals surface area contributed by atoms with Gasteiger partial charge in [-0.05, 0) is 65.8 Å². The van der Waals surface area contributed by atoms with Crippen LogP contribution in [0.15, 0.2) is 66.6 Å². The Morgan fingerprint density at radius 1 is 0.960 bits per heavy atom. The maximum Gasteiger partial charge on any atom is 0.326 e. The predicted molar refractivity (Wildman–Crippen MR) is 182 cm³/mol. The van der Waals surface area contributed by atoms with E-state index in [-0.39, 0.29) is 37.0 Å². The number of hydrogen-bond acceptors (Lipinski definition) is 10. The minimum absolute atomic E-state index is 0.0214. The summed E-state index contributed by atoms with van der Waals surface area (Å²) in [5.74, 6) is -3.57. The lowest BCUT2D eigenvalue weighted by atomic mass is 9.92. The van der Waals surface area contributed by atoms with Gasteiger partial charge < -0.3 is 41.1 Å². The molecule has 0 spiro atoms. The van der Waals surface area contributed by atoms with Crippen LogP contribution in [-0.2, 0) is 30.5 Å². The van der Waals surface area contributed by atoms with Crippen LogP contribution in [-0.4, -0.2) is 68.9 Å². The summed E-state index contributed by atoms with van der Waals surface area (Å²) in [5.41, 5.74) is 1.63. The van der Waals surface area contributed by atoms with Crippen LogP contribution in [0.5, 0.6) is 5.75 Å². The second-order valence-electron chi connectivity index (χ2n) is 12.8. The van der Waals surface area contributed by atoms with Gasteiger partial charge >= 0.3 is 11.9 Å². The SMILES string of the molecule is COc1ccc(NC(=C[N+](=O)[O-])Nc2ccc3c(c2)CN(C(C)=O)C3C(=O)NC(CC=CCC(NC(=O)CC(C)(C)C)C(=O)O)C(=O)O)cc1. The van der Waals surface area contributed by atoms with E-state index in [1.807, 2.05) is 20.8 Å². The number of nitrogens with one attached hydrogen (secondary N) is 4. The predicted octanol–water partition coefficient (Wildman–Crippen LogP) is 3.61. The molecule has 6 N–H and O–H groups in total. The van der Waals surface area contributed by atoms with Gasteiger partial charge in [0.1, 0.15) is 23.9 Å². The molecule has 0 saturated carbocycles. The highest BCUT2D eigenvalue weighted by Gasteiger charge is 2.38. The van der Waals surface area contributed by atoms with Crippen molar-refractivity contribution in [1.82, 2.24) is 15.5 Å². The molecule has 0 aromatic heterocycles. The number of carbonyl (C=O) groups excluding carboxylic acids is 3. The van der Waals surface area contributed by atoms with Gasteiger partial charge in [0.05, 0.1) is 12.0 Å². The van der Waals surface area contributed by atoms with Gasteiger partial charge in [0.15, 0.2) is 5.82 Å². The quantitative estimate of drug-likeness (QED) is 0.0841. The minimum Gasteiger partial charge on any atom is -0.497 e. The van der Waals surface area contributed by atoms with Gasteiger partial charge in [-0.2, -0.15) is 0 Å². The average molecular weight is 695 g/mol. The molecule has 3 unspecified atom stereocenters. The number of rotatable bonds is 16. The van der Waals surface area contributed by atoms with Crippen LogP contribution in [0, 0.1) is 15.5 Å². The highest BCUT2D eigenvalue weighted by Crippen LogP contribution is 2.36. The Morgan fingerprint density at radius 3 is 2.04 bits per heavy atom. The van der Waals surface area contributed by atoms with Gasteiger partial charge in [0.25, 0.3) is 6.20 Å². The second kappa shape index (κ2) is 16.9. The normalized spacial score (nSPS) is 15.4. The molecule has 2 aromatic rings. The maximum atomic E-state index is 13.5. The van der Waals surface area contributed by atoms with E-state index < -0.39 is 52.7 Å². The molecule has 16 heteroatoms. The van der Waals surface area contributed by atoms with Gasteiger partial charge in [-0.25, -0.2) is 9.59 Å². The van der Waals surface area contributed by atoms with E-state index in [2.05, 4.69) is 21.3 Å². The standard InChI is InChI=1S/C34H42N6O10/c1-20(41)39-18-21-16-23(36-28(19-40(48)49)35-22-10-13-24(50-5)14-11-22)12-15-25(21)30(39)31(43)38-27(33(46)47)9-7-6-8-26(32(44)45)37-29(42)17-34(2,3)4/h6-7,10-16,19,26-27,30,35-36H,8-9,17-18H2,1-5H3,(H,37,42)(H,38,43)(H,44,45)(H,46,47). The third-order valence-electron chi connectivity index (χ3n) is 7.47. The van der Waals surface area contributed by atoms with Crippen LogP contribution in [0.4, 0.5) is 11.4 Å². The zero-order valence-corrected chi connectivity index (χ0v) is 28.4. The molecule has 50 heavy (non-hydrogen) atoms. The summed E-state index contributed by atoms with van der Waals surface area (Å²) in [6, 6.07) is 7.72. The smallest absolute Gasteiger partial charge is 0.326 e. The molecular formula is C34H42N6O10. The lowest BCUT2D eigenvalue weighted by Gasteiger charge is -2.24. The molecule has 1 heterocycles. The fourth-order valence-corrected chi connectivity index (χ4v) is 5.18. The van der Waals surface area contributed by atoms with Gasteiger partial charge in [-0.15, -0.1) is 0 Å². The van der Waals surface area contributed by atoms with Crippen LogP contribution >= 0.6 is 0 Å². The average Bonchev–Trinajstić information content (AvgIpc) is 3.40. The van der Waals surface area contributed by atoms with Crippen molar-refractivity contribution in [2.45, 2.75) is 71.6 Å². The number of carboxylic acids is 2. The molecule has 16 nitrogen and oxygen atoms in total. The summed E-state index contributed by atoms with van der Waals surface area (Å²) in [5, 5.41) is 41.4. The minimum atomic E-state index is -1.41. The van der Waals surface area contributed by atoms with Gasteiger partial charge in [0, 0.05) is 31.3 Å². The number of methoxy groups -OCH3 is 1. The first-order chi connectivity index (χ1) is 23.5. The van der Waals surface area contributed by atoms with Crippen molar-refractivity contribution in [3.05, 3.63) is 87.9 Å². The number of carboxylic acid groups (broad SMARTS) is 2. The maximum absolute atomic E-state index is 13.5. The Bertz CT molecular complexity index is 1670. The summed E-state index contributed by atoms with van der Waals surface area (Å²) in [7, 11) is 1.51. The molecule has 0 aliphatic carbocycles. The number of benzene rings is 2. The van der Waals surface area contributed by atoms with Gasteiger partial charge in [0.2, 0.25) is 17.7 Å². The highest BCUT2D eigenvalue weighted by atomic mass is 16.6. The van der Waals surface area contributed by atoms with E-state index in [1.54, 1.807) is 42.5 Å². The number of carbonyl (C=O) groups is 5. The van der Waals surface area contributed by atoms with E-state index in [1.165, 1.54) is 31.1 Å². The molecule has 268 valence electrons. The molecule has 0 fully saturated rings. The molecule has 0 saturated heterocycles. The Kier molecular flexibility index (Phi) is 13.1. The van der Waals surface area contributed by atoms with Gasteiger partial charge in [-0.3, -0.25) is 24.5 Å². The van der Waals surface area contributed by atoms with Crippen molar-refractivity contribution in [3.8, 4) is 5.75 Å². The number of fused-ring (bicyclic) bond motifs is 1. The van der Waals surface area contributed by atoms with Crippen LogP contribution in [0.2, 0.25) is 0 Å². The number of nitro groups is 1.